The van der Waals surface area contributed by atoms with Crippen molar-refractivity contribution in [1.82, 2.24) is 5.43 Å². The minimum Gasteiger partial charge on any atom is -0.350 e. The van der Waals surface area contributed by atoms with Crippen molar-refractivity contribution in [3.05, 3.63) is 12.7 Å². The number of primary amides is 1. The van der Waals surface area contributed by atoms with E-state index in [0.29, 0.717) is 0 Å². The van der Waals surface area contributed by atoms with Crippen molar-refractivity contribution in [2.45, 2.75) is 32.1 Å². The fourth-order valence-electron chi connectivity index (χ4n) is 1.82. The maximum atomic E-state index is 10.4. The molecule has 1 aliphatic carbocycles. The van der Waals surface area contributed by atoms with Crippen LogP contribution in [-0.2, 0) is 0 Å². The molecule has 78 valence electrons. The molecule has 0 heterocycles. The molecule has 0 aliphatic heterocycles. The molecule has 14 heavy (non-hydrogen) atoms. The molecule has 0 radical (unpaired) electrons. The Morgan fingerprint density at radius 3 is 2.57 bits per heavy atom. The minimum absolute atomic E-state index is 0.0410. The molecule has 0 aromatic carbocycles. The Labute approximate surface area is 84.2 Å². The molecule has 0 unspecified atom stereocenters. The van der Waals surface area contributed by atoms with Crippen molar-refractivity contribution in [3.8, 4) is 0 Å². The number of hydrogen-bond donors (Lipinski definition) is 2. The Morgan fingerprint density at radius 2 is 2.07 bits per heavy atom. The molecule has 1 rings (SSSR count). The van der Waals surface area contributed by atoms with E-state index in [1.807, 2.05) is 6.08 Å². The number of amides is 2. The van der Waals surface area contributed by atoms with Gasteiger partial charge >= 0.3 is 6.03 Å². The van der Waals surface area contributed by atoms with Gasteiger partial charge in [-0.25, -0.2) is 10.2 Å². The molecule has 1 fully saturated rings. The summed E-state index contributed by atoms with van der Waals surface area (Å²) in [6, 6.07) is -0.628. The number of hydrazone groups is 1. The third kappa shape index (κ3) is 2.87. The Balaban J connectivity index is 2.55. The number of allylic oxidation sites excluding steroid dienone is 1. The first-order valence-corrected chi connectivity index (χ1v) is 4.92. The molecular weight excluding hydrogens is 178 g/mol. The minimum atomic E-state index is -0.628. The lowest BCUT2D eigenvalue weighted by Gasteiger charge is -2.30. The predicted octanol–water partition coefficient (Wildman–Crippen LogP) is 1.78. The summed E-state index contributed by atoms with van der Waals surface area (Å²) in [5.41, 5.74) is 7.07. The van der Waals surface area contributed by atoms with Gasteiger partial charge in [0.2, 0.25) is 0 Å². The Hall–Kier alpha value is -1.32. The van der Waals surface area contributed by atoms with Crippen LogP contribution in [0.2, 0.25) is 0 Å². The van der Waals surface area contributed by atoms with E-state index in [9.17, 15) is 4.79 Å². The fourth-order valence-corrected chi connectivity index (χ4v) is 1.82. The molecule has 4 heteroatoms. The molecule has 0 saturated heterocycles. The SMILES string of the molecule is C=CC1(/C=N/NC(N)=O)CCCCC1. The molecule has 0 bridgehead atoms. The predicted molar refractivity (Wildman–Crippen MR) is 56.9 cm³/mol. The second-order valence-corrected chi connectivity index (χ2v) is 3.73. The van der Waals surface area contributed by atoms with Gasteiger partial charge in [0.15, 0.2) is 0 Å². The number of hydrogen-bond acceptors (Lipinski definition) is 2. The number of urea groups is 1. The van der Waals surface area contributed by atoms with Gasteiger partial charge in [-0.2, -0.15) is 5.10 Å². The first kappa shape index (κ1) is 10.8. The topological polar surface area (TPSA) is 67.5 Å². The Bertz CT molecular complexity index is 242. The second-order valence-electron chi connectivity index (χ2n) is 3.73. The van der Waals surface area contributed by atoms with Crippen molar-refractivity contribution in [2.24, 2.45) is 16.3 Å². The van der Waals surface area contributed by atoms with Gasteiger partial charge in [0, 0.05) is 11.6 Å². The molecule has 1 aliphatic rings. The van der Waals surface area contributed by atoms with E-state index in [1.165, 1.54) is 19.3 Å². The van der Waals surface area contributed by atoms with Crippen molar-refractivity contribution in [1.29, 1.82) is 0 Å². The molecule has 4 nitrogen and oxygen atoms in total. The van der Waals surface area contributed by atoms with Crippen molar-refractivity contribution < 1.29 is 4.79 Å². The van der Waals surface area contributed by atoms with Crippen LogP contribution in [0.15, 0.2) is 17.8 Å². The number of nitrogens with zero attached hydrogens (tertiary/aromatic N) is 1. The summed E-state index contributed by atoms with van der Waals surface area (Å²) in [4.78, 5) is 10.4. The lowest BCUT2D eigenvalue weighted by atomic mass is 9.75. The largest absolute Gasteiger partial charge is 0.350 e. The molecule has 0 atom stereocenters. The summed E-state index contributed by atoms with van der Waals surface area (Å²) in [5.74, 6) is 0. The molecule has 1 saturated carbocycles. The zero-order valence-corrected chi connectivity index (χ0v) is 8.33. The standard InChI is InChI=1S/C10H17N3O/c1-2-10(6-4-3-5-7-10)8-12-13-9(11)14/h2,8H,1,3-7H2,(H3,11,13,14)/b12-8+. The van der Waals surface area contributed by atoms with Gasteiger partial charge in [-0.3, -0.25) is 0 Å². The fraction of sp³-hybridized carbons (Fsp3) is 0.600. The highest BCUT2D eigenvalue weighted by molar-refractivity contribution is 5.74. The molecule has 0 aromatic heterocycles. The highest BCUT2D eigenvalue weighted by atomic mass is 16.2. The van der Waals surface area contributed by atoms with Gasteiger partial charge in [-0.1, -0.05) is 25.3 Å². The van der Waals surface area contributed by atoms with Crippen LogP contribution < -0.4 is 11.2 Å². The van der Waals surface area contributed by atoms with Crippen LogP contribution >= 0.6 is 0 Å². The normalized spacial score (nSPS) is 20.6. The Kier molecular flexibility index (Phi) is 3.68. The van der Waals surface area contributed by atoms with E-state index in [2.05, 4.69) is 17.1 Å². The van der Waals surface area contributed by atoms with E-state index in [1.54, 1.807) is 6.21 Å². The van der Waals surface area contributed by atoms with Crippen LogP contribution in [0.3, 0.4) is 0 Å². The molecule has 3 N–H and O–H groups in total. The molecule has 0 spiro atoms. The van der Waals surface area contributed by atoms with E-state index < -0.39 is 6.03 Å². The quantitative estimate of drug-likeness (QED) is 0.402. The summed E-state index contributed by atoms with van der Waals surface area (Å²) < 4.78 is 0. The average molecular weight is 195 g/mol. The summed E-state index contributed by atoms with van der Waals surface area (Å²) in [6.45, 7) is 3.82. The number of nitrogens with one attached hydrogen (secondary N) is 1. The number of carbonyl (C=O) groups excluding carboxylic acids is 1. The van der Waals surface area contributed by atoms with E-state index >= 15 is 0 Å². The van der Waals surface area contributed by atoms with E-state index in [4.69, 9.17) is 5.73 Å². The zero-order chi connectivity index (χ0) is 10.4. The zero-order valence-electron chi connectivity index (χ0n) is 8.33. The van der Waals surface area contributed by atoms with Crippen LogP contribution in [0.1, 0.15) is 32.1 Å². The number of carbonyl (C=O) groups is 1. The van der Waals surface area contributed by atoms with Gasteiger partial charge in [0.1, 0.15) is 0 Å². The van der Waals surface area contributed by atoms with Gasteiger partial charge in [0.25, 0.3) is 0 Å². The number of nitrogens with two attached hydrogens (primary N) is 1. The number of rotatable bonds is 3. The first-order chi connectivity index (χ1) is 6.68. The lowest BCUT2D eigenvalue weighted by Crippen LogP contribution is -2.28. The monoisotopic (exact) mass is 195 g/mol. The van der Waals surface area contributed by atoms with Crippen molar-refractivity contribution >= 4 is 12.2 Å². The lowest BCUT2D eigenvalue weighted by molar-refractivity contribution is 0.249. The highest BCUT2D eigenvalue weighted by Gasteiger charge is 2.26. The maximum Gasteiger partial charge on any atom is 0.332 e. The smallest absolute Gasteiger partial charge is 0.332 e. The van der Waals surface area contributed by atoms with Crippen LogP contribution in [0.4, 0.5) is 4.79 Å². The third-order valence-corrected chi connectivity index (χ3v) is 2.69. The van der Waals surface area contributed by atoms with E-state index in [0.717, 1.165) is 12.8 Å². The van der Waals surface area contributed by atoms with Gasteiger partial charge in [-0.15, -0.1) is 6.58 Å². The van der Waals surface area contributed by atoms with Crippen LogP contribution in [0, 0.1) is 5.41 Å². The maximum absolute atomic E-state index is 10.4. The van der Waals surface area contributed by atoms with Crippen molar-refractivity contribution in [3.63, 3.8) is 0 Å². The summed E-state index contributed by atoms with van der Waals surface area (Å²) in [7, 11) is 0. The van der Waals surface area contributed by atoms with Gasteiger partial charge < -0.3 is 5.73 Å². The van der Waals surface area contributed by atoms with Crippen LogP contribution in [0.25, 0.3) is 0 Å². The van der Waals surface area contributed by atoms with Gasteiger partial charge in [0.05, 0.1) is 0 Å². The summed E-state index contributed by atoms with van der Waals surface area (Å²) >= 11 is 0. The highest BCUT2D eigenvalue weighted by Crippen LogP contribution is 2.35. The van der Waals surface area contributed by atoms with Crippen LogP contribution in [0.5, 0.6) is 0 Å². The van der Waals surface area contributed by atoms with Gasteiger partial charge in [-0.05, 0) is 12.8 Å². The Morgan fingerprint density at radius 1 is 1.43 bits per heavy atom. The molecular formula is C10H17N3O. The van der Waals surface area contributed by atoms with E-state index in [-0.39, 0.29) is 5.41 Å². The summed E-state index contributed by atoms with van der Waals surface area (Å²) in [5, 5.41) is 3.82. The summed E-state index contributed by atoms with van der Waals surface area (Å²) in [6.07, 6.45) is 9.43. The van der Waals surface area contributed by atoms with Crippen LogP contribution in [-0.4, -0.2) is 12.2 Å². The molecule has 2 amide bonds. The first-order valence-electron chi connectivity index (χ1n) is 4.92. The second kappa shape index (κ2) is 4.79. The third-order valence-electron chi connectivity index (χ3n) is 2.69. The average Bonchev–Trinajstić information content (AvgIpc) is 2.19. The van der Waals surface area contributed by atoms with Crippen molar-refractivity contribution in [2.75, 3.05) is 0 Å². The molecule has 0 aromatic rings.